The normalized spacial score (nSPS) is 12.9. The second kappa shape index (κ2) is 15.8. The Morgan fingerprint density at radius 3 is 1.97 bits per heavy atom. The molecule has 11 heteroatoms. The molecule has 2 aromatic carbocycles. The van der Waals surface area contributed by atoms with Crippen molar-refractivity contribution in [2.45, 2.75) is 6.54 Å². The van der Waals surface area contributed by atoms with Crippen LogP contribution in [0, 0.1) is 0 Å². The monoisotopic (exact) mass is 541 g/mol. The van der Waals surface area contributed by atoms with E-state index in [-0.39, 0.29) is 69.1 Å². The molecule has 0 saturated carbocycles. The Hall–Kier alpha value is -0.947. The summed E-state index contributed by atoms with van der Waals surface area (Å²) in [6, 6.07) is 18.6. The Morgan fingerprint density at radius 1 is 0.900 bits per heavy atom. The van der Waals surface area contributed by atoms with Crippen molar-refractivity contribution in [3.8, 4) is 0 Å². The van der Waals surface area contributed by atoms with Crippen LogP contribution in [-0.2, 0) is 26.0 Å². The number of anilines is 1. The summed E-state index contributed by atoms with van der Waals surface area (Å²) in [4.78, 5) is 2.22. The smallest absolute Gasteiger partial charge is 1.00 e. The standard InChI is InChI=1S/C19H25N6.4ClH.Zn/c1-22(14-16-8-6-5-7-9-16)18-12-10-17(11-13-18)20-21-19-23(2)15-24(3)25(19)4;;;;;/h5-13H,14-15H2,1-4H3;4*1H;/q+1;;;;;+2/p-4. The summed E-state index contributed by atoms with van der Waals surface area (Å²) in [5.41, 5.74) is 3.30. The Kier molecular flexibility index (Phi) is 17.7. The van der Waals surface area contributed by atoms with Crippen molar-refractivity contribution in [3.63, 3.8) is 0 Å². The average Bonchev–Trinajstić information content (AvgIpc) is 2.86. The van der Waals surface area contributed by atoms with Crippen LogP contribution in [0.3, 0.4) is 0 Å². The second-order valence-electron chi connectivity index (χ2n) is 6.38. The molecule has 0 aromatic heterocycles. The van der Waals surface area contributed by atoms with Gasteiger partial charge in [-0.15, -0.1) is 5.01 Å². The van der Waals surface area contributed by atoms with Crippen LogP contribution in [0.25, 0.3) is 0 Å². The number of nitrogens with zero attached hydrogens (tertiary/aromatic N) is 6. The van der Waals surface area contributed by atoms with E-state index in [1.165, 1.54) is 5.56 Å². The first-order valence-corrected chi connectivity index (χ1v) is 8.34. The van der Waals surface area contributed by atoms with Crippen molar-refractivity contribution >= 4 is 17.3 Å². The van der Waals surface area contributed by atoms with E-state index in [9.17, 15) is 0 Å². The minimum absolute atomic E-state index is 0. The van der Waals surface area contributed by atoms with E-state index in [1.54, 1.807) is 0 Å². The van der Waals surface area contributed by atoms with Gasteiger partial charge in [-0.1, -0.05) is 35.4 Å². The van der Waals surface area contributed by atoms with Gasteiger partial charge in [0.2, 0.25) is 0 Å². The van der Waals surface area contributed by atoms with Gasteiger partial charge in [-0.05, 0) is 29.8 Å². The number of hydrazine groups is 1. The first-order valence-electron chi connectivity index (χ1n) is 8.34. The van der Waals surface area contributed by atoms with Crippen LogP contribution in [0.4, 0.5) is 11.4 Å². The molecule has 6 nitrogen and oxygen atoms in total. The molecular formula is C19H25Cl4N6Zn-. The third kappa shape index (κ3) is 8.66. The number of azo groups is 1. The van der Waals surface area contributed by atoms with E-state index in [0.717, 1.165) is 30.5 Å². The Bertz CT molecular complexity index is 789. The molecule has 1 aliphatic rings. The van der Waals surface area contributed by atoms with Crippen LogP contribution in [0.2, 0.25) is 0 Å². The maximum absolute atomic E-state index is 4.39. The number of rotatable bonds is 4. The molecule has 1 heterocycles. The van der Waals surface area contributed by atoms with Crippen LogP contribution >= 0.6 is 0 Å². The van der Waals surface area contributed by atoms with Crippen molar-refractivity contribution in [1.29, 1.82) is 0 Å². The van der Waals surface area contributed by atoms with Crippen LogP contribution in [-0.4, -0.2) is 55.4 Å². The zero-order chi connectivity index (χ0) is 17.8. The van der Waals surface area contributed by atoms with Gasteiger partial charge in [-0.3, -0.25) is 0 Å². The fourth-order valence-electron chi connectivity index (χ4n) is 2.83. The molecule has 0 unspecified atom stereocenters. The zero-order valence-electron chi connectivity index (χ0n) is 17.5. The quantitative estimate of drug-likeness (QED) is 0.218. The van der Waals surface area contributed by atoms with Crippen molar-refractivity contribution in [2.24, 2.45) is 10.2 Å². The predicted octanol–water partition coefficient (Wildman–Crippen LogP) is -8.83. The van der Waals surface area contributed by atoms with E-state index in [2.05, 4.69) is 68.2 Å². The van der Waals surface area contributed by atoms with Gasteiger partial charge in [-0.25, -0.2) is 4.58 Å². The molecular weight excluding hydrogens is 519 g/mol. The molecule has 2 aromatic rings. The van der Waals surface area contributed by atoms with Crippen molar-refractivity contribution in [1.82, 2.24) is 10.0 Å². The Morgan fingerprint density at radius 2 is 1.47 bits per heavy atom. The van der Waals surface area contributed by atoms with E-state index >= 15 is 0 Å². The SMILES string of the molecule is CN(Cc1ccccc1)c1ccc(N=NC2=[N+](C)CN(C)N2C)cc1.[Cl-].[Cl-].[Cl-].[Cl-].[Zn+2]. The van der Waals surface area contributed by atoms with Crippen LogP contribution in [0.5, 0.6) is 0 Å². The minimum Gasteiger partial charge on any atom is -1.00 e. The maximum Gasteiger partial charge on any atom is 2.00 e. The van der Waals surface area contributed by atoms with Crippen molar-refractivity contribution in [3.05, 3.63) is 60.2 Å². The maximum atomic E-state index is 4.39. The molecule has 0 saturated heterocycles. The van der Waals surface area contributed by atoms with E-state index in [0.29, 0.717) is 0 Å². The number of halogens is 4. The molecule has 0 N–H and O–H groups in total. The van der Waals surface area contributed by atoms with Gasteiger partial charge < -0.3 is 54.5 Å². The molecule has 0 atom stereocenters. The summed E-state index contributed by atoms with van der Waals surface area (Å²) >= 11 is 0. The number of hydrogen-bond acceptors (Lipinski definition) is 5. The van der Waals surface area contributed by atoms with Gasteiger partial charge in [-0.2, -0.15) is 5.01 Å². The van der Waals surface area contributed by atoms with Crippen molar-refractivity contribution in [2.75, 3.05) is 39.8 Å². The largest absolute Gasteiger partial charge is 2.00 e. The fraction of sp³-hybridized carbons (Fsp3) is 0.316. The van der Waals surface area contributed by atoms with Gasteiger partial charge in [0.15, 0.2) is 0 Å². The topological polar surface area (TPSA) is 37.5 Å². The molecule has 0 spiro atoms. The summed E-state index contributed by atoms with van der Waals surface area (Å²) < 4.78 is 2.06. The summed E-state index contributed by atoms with van der Waals surface area (Å²) in [6.45, 7) is 1.69. The second-order valence-corrected chi connectivity index (χ2v) is 6.38. The molecule has 0 amide bonds. The summed E-state index contributed by atoms with van der Waals surface area (Å²) in [5.74, 6) is 0.841. The molecule has 0 fully saturated rings. The van der Waals surface area contributed by atoms with Crippen LogP contribution in [0.1, 0.15) is 5.56 Å². The predicted molar refractivity (Wildman–Crippen MR) is 101 cm³/mol. The first-order chi connectivity index (χ1) is 12.0. The van der Waals surface area contributed by atoms with Crippen molar-refractivity contribution < 1.29 is 73.7 Å². The minimum atomic E-state index is 0. The molecule has 0 radical (unpaired) electrons. The van der Waals surface area contributed by atoms with Gasteiger partial charge in [0, 0.05) is 31.4 Å². The fourth-order valence-corrected chi connectivity index (χ4v) is 2.83. The molecule has 0 bridgehead atoms. The van der Waals surface area contributed by atoms with E-state index < -0.39 is 0 Å². The van der Waals surface area contributed by atoms with Crippen LogP contribution < -0.4 is 54.5 Å². The van der Waals surface area contributed by atoms with Gasteiger partial charge >= 0.3 is 25.4 Å². The third-order valence-electron chi connectivity index (χ3n) is 4.37. The third-order valence-corrected chi connectivity index (χ3v) is 4.37. The summed E-state index contributed by atoms with van der Waals surface area (Å²) in [7, 11) is 8.11. The summed E-state index contributed by atoms with van der Waals surface area (Å²) in [5, 5.41) is 12.8. The number of hydrogen-bond donors (Lipinski definition) is 0. The van der Waals surface area contributed by atoms with E-state index in [4.69, 9.17) is 0 Å². The Labute approximate surface area is 216 Å². The van der Waals surface area contributed by atoms with Gasteiger partial charge in [0.05, 0.1) is 14.1 Å². The molecule has 0 aliphatic carbocycles. The molecule has 3 rings (SSSR count). The summed E-state index contributed by atoms with van der Waals surface area (Å²) in [6.07, 6.45) is 0. The van der Waals surface area contributed by atoms with Crippen LogP contribution in [0.15, 0.2) is 64.8 Å². The van der Waals surface area contributed by atoms with Gasteiger partial charge in [0.25, 0.3) is 0 Å². The Balaban J connectivity index is -0.00000146. The molecule has 162 valence electrons. The molecule has 1 aliphatic heterocycles. The number of guanidine groups is 1. The van der Waals surface area contributed by atoms with Gasteiger partial charge in [0.1, 0.15) is 12.4 Å². The average molecular weight is 545 g/mol. The number of benzene rings is 2. The zero-order valence-corrected chi connectivity index (χ0v) is 23.5. The molecule has 30 heavy (non-hydrogen) atoms. The first kappa shape index (κ1) is 33.7. The van der Waals surface area contributed by atoms with E-state index in [1.807, 2.05) is 44.4 Å².